The minimum atomic E-state index is 0.760. The van der Waals surface area contributed by atoms with Crippen LogP contribution in [0.3, 0.4) is 0 Å². The highest BCUT2D eigenvalue weighted by Crippen LogP contribution is 2.20. The molecule has 0 atom stereocenters. The second-order valence-corrected chi connectivity index (χ2v) is 4.67. The van der Waals surface area contributed by atoms with Crippen molar-refractivity contribution in [2.24, 2.45) is 0 Å². The van der Waals surface area contributed by atoms with E-state index in [2.05, 4.69) is 56.3 Å². The number of nitrogens with one attached hydrogen (secondary N) is 2. The van der Waals surface area contributed by atoms with Crippen LogP contribution in [0.15, 0.2) is 28.9 Å². The van der Waals surface area contributed by atoms with Crippen molar-refractivity contribution in [3.63, 3.8) is 0 Å². The summed E-state index contributed by atoms with van der Waals surface area (Å²) in [5.74, 6) is 0.946. The van der Waals surface area contributed by atoms with Gasteiger partial charge in [-0.3, -0.25) is 0 Å². The number of imidazole rings is 1. The van der Waals surface area contributed by atoms with E-state index in [4.69, 9.17) is 0 Å². The van der Waals surface area contributed by atoms with Gasteiger partial charge in [-0.05, 0) is 31.5 Å². The molecular weight excluding hydrogens is 266 g/mol. The third-order valence-electron chi connectivity index (χ3n) is 2.41. The quantitative estimate of drug-likeness (QED) is 0.904. The number of hydrogen-bond acceptors (Lipinski definition) is 2. The minimum Gasteiger partial charge on any atom is -0.379 e. The zero-order valence-corrected chi connectivity index (χ0v) is 10.9. The molecule has 2 aromatic rings. The Balaban J connectivity index is 2.02. The van der Waals surface area contributed by atoms with Gasteiger partial charge in [-0.25, -0.2) is 4.98 Å². The topological polar surface area (TPSA) is 40.7 Å². The molecule has 2 rings (SSSR count). The minimum absolute atomic E-state index is 0.760. The lowest BCUT2D eigenvalue weighted by Gasteiger charge is -2.06. The highest BCUT2D eigenvalue weighted by atomic mass is 79.9. The summed E-state index contributed by atoms with van der Waals surface area (Å²) in [6, 6.07) is 6.24. The van der Waals surface area contributed by atoms with Gasteiger partial charge in [0.1, 0.15) is 5.82 Å². The van der Waals surface area contributed by atoms with E-state index in [-0.39, 0.29) is 0 Å². The highest BCUT2D eigenvalue weighted by Gasteiger charge is 1.99. The van der Waals surface area contributed by atoms with Crippen LogP contribution in [-0.2, 0) is 6.54 Å². The van der Waals surface area contributed by atoms with Crippen molar-refractivity contribution in [2.75, 3.05) is 5.32 Å². The van der Waals surface area contributed by atoms with Crippen molar-refractivity contribution >= 4 is 21.6 Å². The summed E-state index contributed by atoms with van der Waals surface area (Å²) in [7, 11) is 0. The molecular formula is C12H14BrN3. The van der Waals surface area contributed by atoms with Crippen LogP contribution in [0, 0.1) is 13.8 Å². The predicted molar refractivity (Wildman–Crippen MR) is 69.5 cm³/mol. The standard InChI is InChI=1S/C12H14BrN3/c1-8-3-4-10(5-12(8)13)15-7-11-6-14-9(2)16-11/h3-6,15H,7H2,1-2H3,(H,14,16). The first-order valence-electron chi connectivity index (χ1n) is 5.15. The molecule has 0 spiro atoms. The third kappa shape index (κ3) is 2.64. The first-order chi connectivity index (χ1) is 7.65. The molecule has 0 saturated carbocycles. The molecule has 16 heavy (non-hydrogen) atoms. The Kier molecular flexibility index (Phi) is 3.29. The zero-order chi connectivity index (χ0) is 11.5. The number of rotatable bonds is 3. The second kappa shape index (κ2) is 4.70. The van der Waals surface area contributed by atoms with Gasteiger partial charge < -0.3 is 10.3 Å². The van der Waals surface area contributed by atoms with E-state index in [9.17, 15) is 0 Å². The van der Waals surface area contributed by atoms with Crippen LogP contribution >= 0.6 is 15.9 Å². The summed E-state index contributed by atoms with van der Waals surface area (Å²) in [5.41, 5.74) is 3.43. The summed E-state index contributed by atoms with van der Waals surface area (Å²) in [6.45, 7) is 4.79. The van der Waals surface area contributed by atoms with E-state index < -0.39 is 0 Å². The lowest BCUT2D eigenvalue weighted by Crippen LogP contribution is -1.99. The summed E-state index contributed by atoms with van der Waals surface area (Å²) in [6.07, 6.45) is 1.85. The monoisotopic (exact) mass is 279 g/mol. The van der Waals surface area contributed by atoms with Crippen LogP contribution in [0.5, 0.6) is 0 Å². The van der Waals surface area contributed by atoms with Crippen molar-refractivity contribution in [2.45, 2.75) is 20.4 Å². The molecule has 1 aromatic carbocycles. The summed E-state index contributed by atoms with van der Waals surface area (Å²) in [5, 5.41) is 3.34. The molecule has 0 aliphatic heterocycles. The SMILES string of the molecule is Cc1ncc(CNc2ccc(C)c(Br)c2)[nH]1. The Bertz CT molecular complexity index is 491. The molecule has 0 saturated heterocycles. The van der Waals surface area contributed by atoms with Gasteiger partial charge in [-0.15, -0.1) is 0 Å². The van der Waals surface area contributed by atoms with Crippen LogP contribution < -0.4 is 5.32 Å². The van der Waals surface area contributed by atoms with Crippen LogP contribution in [0.2, 0.25) is 0 Å². The number of aromatic nitrogens is 2. The van der Waals surface area contributed by atoms with Gasteiger partial charge in [0, 0.05) is 10.2 Å². The van der Waals surface area contributed by atoms with Crippen molar-refractivity contribution < 1.29 is 0 Å². The van der Waals surface area contributed by atoms with Crippen LogP contribution in [0.25, 0.3) is 0 Å². The summed E-state index contributed by atoms with van der Waals surface area (Å²) >= 11 is 3.52. The van der Waals surface area contributed by atoms with E-state index in [0.29, 0.717) is 0 Å². The van der Waals surface area contributed by atoms with Crippen molar-refractivity contribution in [3.8, 4) is 0 Å². The first-order valence-corrected chi connectivity index (χ1v) is 5.95. The van der Waals surface area contributed by atoms with Crippen molar-refractivity contribution in [1.82, 2.24) is 9.97 Å². The lowest BCUT2D eigenvalue weighted by molar-refractivity contribution is 1.05. The maximum absolute atomic E-state index is 4.16. The van der Waals surface area contributed by atoms with Crippen LogP contribution in [0.1, 0.15) is 17.1 Å². The van der Waals surface area contributed by atoms with Gasteiger partial charge in [0.05, 0.1) is 18.4 Å². The molecule has 4 heteroatoms. The number of hydrogen-bond donors (Lipinski definition) is 2. The normalized spacial score (nSPS) is 10.4. The van der Waals surface area contributed by atoms with Gasteiger partial charge in [0.25, 0.3) is 0 Å². The molecule has 84 valence electrons. The maximum atomic E-state index is 4.16. The first kappa shape index (κ1) is 11.2. The van der Waals surface area contributed by atoms with Gasteiger partial charge in [-0.1, -0.05) is 22.0 Å². The zero-order valence-electron chi connectivity index (χ0n) is 9.34. The highest BCUT2D eigenvalue weighted by molar-refractivity contribution is 9.10. The number of benzene rings is 1. The smallest absolute Gasteiger partial charge is 0.103 e. The fourth-order valence-electron chi connectivity index (χ4n) is 1.46. The molecule has 0 bridgehead atoms. The second-order valence-electron chi connectivity index (χ2n) is 3.81. The Morgan fingerprint density at radius 2 is 2.19 bits per heavy atom. The number of aromatic amines is 1. The van der Waals surface area contributed by atoms with Gasteiger partial charge >= 0.3 is 0 Å². The van der Waals surface area contributed by atoms with E-state index in [1.54, 1.807) is 0 Å². The average molecular weight is 280 g/mol. The Labute approximate surface area is 103 Å². The summed E-state index contributed by atoms with van der Waals surface area (Å²) < 4.78 is 1.12. The molecule has 0 aliphatic rings. The van der Waals surface area contributed by atoms with Crippen LogP contribution in [0.4, 0.5) is 5.69 Å². The molecule has 1 heterocycles. The number of aryl methyl sites for hydroxylation is 2. The number of nitrogens with zero attached hydrogens (tertiary/aromatic N) is 1. The lowest BCUT2D eigenvalue weighted by atomic mass is 10.2. The molecule has 3 nitrogen and oxygen atoms in total. The molecule has 0 amide bonds. The van der Waals surface area contributed by atoms with Crippen molar-refractivity contribution in [1.29, 1.82) is 0 Å². The average Bonchev–Trinajstić information content (AvgIpc) is 2.66. The van der Waals surface area contributed by atoms with Crippen molar-refractivity contribution in [3.05, 3.63) is 46.0 Å². The van der Waals surface area contributed by atoms with Gasteiger partial charge in [-0.2, -0.15) is 0 Å². The van der Waals surface area contributed by atoms with E-state index >= 15 is 0 Å². The largest absolute Gasteiger partial charge is 0.379 e. The van der Waals surface area contributed by atoms with Gasteiger partial charge in [0.15, 0.2) is 0 Å². The third-order valence-corrected chi connectivity index (χ3v) is 3.26. The molecule has 0 fully saturated rings. The maximum Gasteiger partial charge on any atom is 0.103 e. The predicted octanol–water partition coefficient (Wildman–Crippen LogP) is 3.40. The number of halogens is 1. The van der Waals surface area contributed by atoms with Gasteiger partial charge in [0.2, 0.25) is 0 Å². The van der Waals surface area contributed by atoms with E-state index in [1.165, 1.54) is 5.56 Å². The molecule has 0 radical (unpaired) electrons. The molecule has 0 unspecified atom stereocenters. The molecule has 1 aromatic heterocycles. The Morgan fingerprint density at radius 1 is 1.38 bits per heavy atom. The fraction of sp³-hybridized carbons (Fsp3) is 0.250. The summed E-state index contributed by atoms with van der Waals surface area (Å²) in [4.78, 5) is 7.34. The fourth-order valence-corrected chi connectivity index (χ4v) is 1.84. The van der Waals surface area contributed by atoms with Crippen LogP contribution in [-0.4, -0.2) is 9.97 Å². The Morgan fingerprint density at radius 3 is 2.81 bits per heavy atom. The van der Waals surface area contributed by atoms with E-state index in [1.807, 2.05) is 13.1 Å². The number of anilines is 1. The van der Waals surface area contributed by atoms with E-state index in [0.717, 1.165) is 28.2 Å². The number of H-pyrrole nitrogens is 1. The molecule has 2 N–H and O–H groups in total. The molecule has 0 aliphatic carbocycles. The Hall–Kier alpha value is -1.29.